The zero-order chi connectivity index (χ0) is 12.7. The van der Waals surface area contributed by atoms with Crippen molar-refractivity contribution in [3.05, 3.63) is 0 Å². The topological polar surface area (TPSA) is 62.3 Å². The molecule has 0 unspecified atom stereocenters. The van der Waals surface area contributed by atoms with Crippen molar-refractivity contribution in [2.75, 3.05) is 32.8 Å². The number of nitrogens with two attached hydrogens (primary N) is 1. The van der Waals surface area contributed by atoms with Gasteiger partial charge in [-0.2, -0.15) is 0 Å². The second-order valence-corrected chi connectivity index (χ2v) is 5.48. The number of nitrogens with zero attached hydrogens (tertiary/aromatic N) is 1. The van der Waals surface area contributed by atoms with Gasteiger partial charge in [-0.3, -0.25) is 5.41 Å². The molecule has 1 heterocycles. The van der Waals surface area contributed by atoms with E-state index in [1.54, 1.807) is 0 Å². The third-order valence-electron chi connectivity index (χ3n) is 3.18. The number of hydrogen-bond acceptors (Lipinski definition) is 3. The average molecular weight is 241 g/mol. The summed E-state index contributed by atoms with van der Waals surface area (Å²) >= 11 is 0. The third-order valence-corrected chi connectivity index (χ3v) is 3.18. The SMILES string of the molecule is CC(C)CN(CCC(=N)N)CC1CCOCC1. The largest absolute Gasteiger partial charge is 0.388 e. The fraction of sp³-hybridized carbons (Fsp3) is 0.923. The Morgan fingerprint density at radius 2 is 2.06 bits per heavy atom. The standard InChI is InChI=1S/C13H27N3O/c1-11(2)9-16(6-3-13(14)15)10-12-4-7-17-8-5-12/h11-12H,3-10H2,1-2H3,(H3,14,15). The highest BCUT2D eigenvalue weighted by molar-refractivity contribution is 5.76. The van der Waals surface area contributed by atoms with Gasteiger partial charge in [-0.1, -0.05) is 13.8 Å². The predicted octanol–water partition coefficient (Wildman–Crippen LogP) is 1.70. The summed E-state index contributed by atoms with van der Waals surface area (Å²) in [6.07, 6.45) is 3.04. The van der Waals surface area contributed by atoms with Gasteiger partial charge in [-0.25, -0.2) is 0 Å². The van der Waals surface area contributed by atoms with E-state index in [1.165, 1.54) is 12.8 Å². The molecule has 1 saturated heterocycles. The van der Waals surface area contributed by atoms with E-state index in [2.05, 4.69) is 18.7 Å². The molecule has 1 aliphatic heterocycles. The first-order chi connectivity index (χ1) is 8.08. The first-order valence-corrected chi connectivity index (χ1v) is 6.71. The van der Waals surface area contributed by atoms with Gasteiger partial charge >= 0.3 is 0 Å². The Morgan fingerprint density at radius 3 is 2.59 bits per heavy atom. The molecule has 1 aliphatic rings. The quantitative estimate of drug-likeness (QED) is 0.527. The van der Waals surface area contributed by atoms with Crippen LogP contribution < -0.4 is 5.73 Å². The third kappa shape index (κ3) is 6.64. The molecular formula is C13H27N3O. The van der Waals surface area contributed by atoms with E-state index in [0.717, 1.165) is 38.8 Å². The second kappa shape index (κ2) is 7.67. The van der Waals surface area contributed by atoms with Crippen molar-refractivity contribution < 1.29 is 4.74 Å². The Kier molecular flexibility index (Phi) is 6.52. The summed E-state index contributed by atoms with van der Waals surface area (Å²) < 4.78 is 5.39. The maximum Gasteiger partial charge on any atom is 0.0918 e. The summed E-state index contributed by atoms with van der Waals surface area (Å²) in [6, 6.07) is 0. The molecule has 0 aromatic carbocycles. The Labute approximate surface area is 105 Å². The van der Waals surface area contributed by atoms with Crippen molar-refractivity contribution in [3.8, 4) is 0 Å². The Morgan fingerprint density at radius 1 is 1.41 bits per heavy atom. The van der Waals surface area contributed by atoms with Crippen molar-refractivity contribution in [2.24, 2.45) is 17.6 Å². The Bertz CT molecular complexity index is 225. The lowest BCUT2D eigenvalue weighted by molar-refractivity contribution is 0.0513. The van der Waals surface area contributed by atoms with Gasteiger partial charge in [0.15, 0.2) is 0 Å². The maximum absolute atomic E-state index is 7.32. The van der Waals surface area contributed by atoms with E-state index in [9.17, 15) is 0 Å². The molecule has 0 aliphatic carbocycles. The van der Waals surface area contributed by atoms with Crippen LogP contribution in [0.25, 0.3) is 0 Å². The first kappa shape index (κ1) is 14.5. The summed E-state index contributed by atoms with van der Waals surface area (Å²) in [5.41, 5.74) is 5.44. The normalized spacial score (nSPS) is 17.9. The highest BCUT2D eigenvalue weighted by Gasteiger charge is 2.18. The molecular weight excluding hydrogens is 214 g/mol. The molecule has 3 N–H and O–H groups in total. The monoisotopic (exact) mass is 241 g/mol. The van der Waals surface area contributed by atoms with E-state index >= 15 is 0 Å². The lowest BCUT2D eigenvalue weighted by Gasteiger charge is -2.30. The predicted molar refractivity (Wildman–Crippen MR) is 71.4 cm³/mol. The van der Waals surface area contributed by atoms with Gasteiger partial charge < -0.3 is 15.4 Å². The van der Waals surface area contributed by atoms with Gasteiger partial charge in [0.2, 0.25) is 0 Å². The van der Waals surface area contributed by atoms with Gasteiger partial charge in [0, 0.05) is 39.3 Å². The lowest BCUT2D eigenvalue weighted by atomic mass is 9.99. The lowest BCUT2D eigenvalue weighted by Crippen LogP contribution is -2.36. The van der Waals surface area contributed by atoms with Crippen LogP contribution in [0.15, 0.2) is 0 Å². The molecule has 0 radical (unpaired) electrons. The number of rotatable bonds is 7. The van der Waals surface area contributed by atoms with Crippen molar-refractivity contribution in [3.63, 3.8) is 0 Å². The zero-order valence-electron chi connectivity index (χ0n) is 11.2. The minimum atomic E-state index is 0.297. The Balaban J connectivity index is 2.35. The van der Waals surface area contributed by atoms with E-state index in [4.69, 9.17) is 15.9 Å². The molecule has 0 aromatic rings. The van der Waals surface area contributed by atoms with E-state index in [0.29, 0.717) is 18.2 Å². The fourth-order valence-corrected chi connectivity index (χ4v) is 2.35. The molecule has 17 heavy (non-hydrogen) atoms. The van der Waals surface area contributed by atoms with Crippen molar-refractivity contribution in [1.82, 2.24) is 4.90 Å². The Hall–Kier alpha value is -0.610. The molecule has 0 atom stereocenters. The molecule has 0 aromatic heterocycles. The summed E-state index contributed by atoms with van der Waals surface area (Å²) in [4.78, 5) is 2.46. The van der Waals surface area contributed by atoms with Gasteiger partial charge in [0.05, 0.1) is 5.84 Å². The molecule has 100 valence electrons. The van der Waals surface area contributed by atoms with Crippen LogP contribution in [-0.2, 0) is 4.74 Å². The minimum absolute atomic E-state index is 0.297. The number of nitrogens with one attached hydrogen (secondary N) is 1. The minimum Gasteiger partial charge on any atom is -0.388 e. The molecule has 1 fully saturated rings. The second-order valence-electron chi connectivity index (χ2n) is 5.48. The molecule has 0 bridgehead atoms. The number of ether oxygens (including phenoxy) is 1. The molecule has 1 rings (SSSR count). The van der Waals surface area contributed by atoms with Crippen LogP contribution in [0.5, 0.6) is 0 Å². The summed E-state index contributed by atoms with van der Waals surface area (Å²) in [6.45, 7) is 9.46. The van der Waals surface area contributed by atoms with Crippen LogP contribution in [-0.4, -0.2) is 43.6 Å². The molecule has 4 heteroatoms. The summed E-state index contributed by atoms with van der Waals surface area (Å²) in [5, 5.41) is 7.32. The van der Waals surface area contributed by atoms with Crippen LogP contribution in [0.3, 0.4) is 0 Å². The van der Waals surface area contributed by atoms with Crippen LogP contribution in [0.1, 0.15) is 33.1 Å². The smallest absolute Gasteiger partial charge is 0.0918 e. The average Bonchev–Trinajstić information content (AvgIpc) is 2.26. The van der Waals surface area contributed by atoms with Gasteiger partial charge in [0.25, 0.3) is 0 Å². The van der Waals surface area contributed by atoms with E-state index < -0.39 is 0 Å². The molecule has 0 saturated carbocycles. The van der Waals surface area contributed by atoms with Gasteiger partial charge in [0.1, 0.15) is 0 Å². The highest BCUT2D eigenvalue weighted by atomic mass is 16.5. The fourth-order valence-electron chi connectivity index (χ4n) is 2.35. The highest BCUT2D eigenvalue weighted by Crippen LogP contribution is 2.17. The van der Waals surface area contributed by atoms with Crippen LogP contribution in [0.4, 0.5) is 0 Å². The summed E-state index contributed by atoms with van der Waals surface area (Å²) in [5.74, 6) is 1.72. The van der Waals surface area contributed by atoms with Crippen molar-refractivity contribution in [1.29, 1.82) is 5.41 Å². The zero-order valence-corrected chi connectivity index (χ0v) is 11.2. The van der Waals surface area contributed by atoms with Crippen LogP contribution in [0.2, 0.25) is 0 Å². The molecule has 0 spiro atoms. The van der Waals surface area contributed by atoms with Gasteiger partial charge in [-0.05, 0) is 24.7 Å². The molecule has 0 amide bonds. The van der Waals surface area contributed by atoms with Crippen LogP contribution in [0, 0.1) is 17.2 Å². The van der Waals surface area contributed by atoms with E-state index in [1.807, 2.05) is 0 Å². The van der Waals surface area contributed by atoms with Crippen LogP contribution >= 0.6 is 0 Å². The first-order valence-electron chi connectivity index (χ1n) is 6.71. The van der Waals surface area contributed by atoms with Gasteiger partial charge in [-0.15, -0.1) is 0 Å². The van der Waals surface area contributed by atoms with E-state index in [-0.39, 0.29) is 0 Å². The van der Waals surface area contributed by atoms with Crippen molar-refractivity contribution >= 4 is 5.84 Å². The number of amidine groups is 1. The summed E-state index contributed by atoms with van der Waals surface area (Å²) in [7, 11) is 0. The maximum atomic E-state index is 7.32. The number of hydrogen-bond donors (Lipinski definition) is 2. The molecule has 4 nitrogen and oxygen atoms in total. The van der Waals surface area contributed by atoms with Crippen molar-refractivity contribution in [2.45, 2.75) is 33.1 Å².